The van der Waals surface area contributed by atoms with Crippen molar-refractivity contribution in [1.29, 1.82) is 0 Å². The molecule has 3 nitrogen and oxygen atoms in total. The van der Waals surface area contributed by atoms with E-state index < -0.39 is 8.07 Å². The van der Waals surface area contributed by atoms with Gasteiger partial charge in [-0.3, -0.25) is 0 Å². The number of nitrogens with zero attached hydrogens (tertiary/aromatic N) is 3. The van der Waals surface area contributed by atoms with E-state index in [1.165, 1.54) is 91.9 Å². The van der Waals surface area contributed by atoms with Gasteiger partial charge in [-0.25, -0.2) is 0 Å². The molecule has 0 aliphatic carbocycles. The Morgan fingerprint density at radius 1 is 0.257 bits per heavy atom. The Hall–Kier alpha value is -8.96. The van der Waals surface area contributed by atoms with Gasteiger partial charge in [0.2, 0.25) is 0 Å². The molecule has 0 spiro atoms. The van der Waals surface area contributed by atoms with Crippen molar-refractivity contribution in [3.8, 4) is 28.2 Å². The lowest BCUT2D eigenvalue weighted by atomic mass is 10.1. The number of aromatic nitrogens is 3. The second-order valence-corrected chi connectivity index (χ2v) is 22.1. The monoisotopic (exact) mass is 907 g/mol. The molecular formula is C66H45N3Si. The number of hydrogen-bond acceptors (Lipinski definition) is 0. The summed E-state index contributed by atoms with van der Waals surface area (Å²) >= 11 is 0. The molecule has 0 fully saturated rings. The van der Waals surface area contributed by atoms with Crippen LogP contribution in [0.15, 0.2) is 273 Å². The maximum atomic E-state index is 2.61. The third kappa shape index (κ3) is 5.87. The average molecular weight is 908 g/mol. The molecule has 0 amide bonds. The van der Waals surface area contributed by atoms with Crippen LogP contribution in [-0.2, 0) is 0 Å². The van der Waals surface area contributed by atoms with Crippen LogP contribution in [0.4, 0.5) is 0 Å². The topological polar surface area (TPSA) is 14.8 Å². The predicted molar refractivity (Wildman–Crippen MR) is 299 cm³/mol. The highest BCUT2D eigenvalue weighted by atomic mass is 28.3. The van der Waals surface area contributed by atoms with Crippen LogP contribution >= 0.6 is 0 Å². The quantitative estimate of drug-likeness (QED) is 0.107. The summed E-state index contributed by atoms with van der Waals surface area (Å²) in [6.07, 6.45) is 0. The number of fused-ring (bicyclic) bond motifs is 9. The van der Waals surface area contributed by atoms with Gasteiger partial charge in [-0.15, -0.1) is 0 Å². The summed E-state index contributed by atoms with van der Waals surface area (Å²) in [6.45, 7) is 0. The van der Waals surface area contributed by atoms with Gasteiger partial charge in [0.25, 0.3) is 0 Å². The SMILES string of the molecule is c1ccc(-c2ccc(-n3c4ccccc4c4cccc(-n5c6ccccc6c6c(-n7c8ccccc8c8ccccc87)c([Si](c7ccccc7)(c7ccccc7)c7ccccc7)ccc65)c43)cc2)cc1. The van der Waals surface area contributed by atoms with Gasteiger partial charge in [0.15, 0.2) is 8.07 Å². The van der Waals surface area contributed by atoms with E-state index in [2.05, 4.69) is 287 Å². The summed E-state index contributed by atoms with van der Waals surface area (Å²) in [5.74, 6) is 0. The van der Waals surface area contributed by atoms with Gasteiger partial charge in [0, 0.05) is 38.0 Å². The van der Waals surface area contributed by atoms with E-state index >= 15 is 0 Å². The number of rotatable bonds is 8. The number of hydrogen-bond donors (Lipinski definition) is 0. The van der Waals surface area contributed by atoms with Crippen LogP contribution in [0.2, 0.25) is 0 Å². The minimum atomic E-state index is -3.13. The van der Waals surface area contributed by atoms with E-state index in [0.717, 1.165) is 22.4 Å². The first kappa shape index (κ1) is 40.1. The zero-order chi connectivity index (χ0) is 46.2. The Balaban J connectivity index is 1.17. The standard InChI is InChI=1S/C66H45N3Si/c1-5-22-46(23-6-1)47-40-42-48(43-41-47)67-57-35-17-15-32-54(57)55-34-21-39-62(65(55)67)68-60-38-20-16-33-56(60)64-61(68)44-45-63(66(64)69-58-36-18-13-30-52(58)53-31-14-19-37-59(53)69)70(49-24-7-2-8-25-49,50-26-9-3-10-27-50)51-28-11-4-12-29-51/h1-45H. The highest BCUT2D eigenvalue weighted by molar-refractivity contribution is 7.20. The van der Waals surface area contributed by atoms with Gasteiger partial charge >= 0.3 is 0 Å². The summed E-state index contributed by atoms with van der Waals surface area (Å²) < 4.78 is 7.65. The predicted octanol–water partition coefficient (Wildman–Crippen LogP) is 14.0. The average Bonchev–Trinajstić information content (AvgIpc) is 4.08. The minimum Gasteiger partial charge on any atom is -0.309 e. The molecule has 0 bridgehead atoms. The van der Waals surface area contributed by atoms with Gasteiger partial charge in [-0.2, -0.15) is 0 Å². The molecule has 0 saturated carbocycles. The molecule has 0 atom stereocenters. The highest BCUT2D eigenvalue weighted by Crippen LogP contribution is 2.43. The Morgan fingerprint density at radius 2 is 0.671 bits per heavy atom. The number of para-hydroxylation sites is 5. The molecule has 4 heteroatoms. The molecular weight excluding hydrogens is 863 g/mol. The fraction of sp³-hybridized carbons (Fsp3) is 0. The first-order valence-corrected chi connectivity index (χ1v) is 26.2. The summed E-state index contributed by atoms with van der Waals surface area (Å²) in [6, 6.07) is 102. The lowest BCUT2D eigenvalue weighted by molar-refractivity contribution is 1.13. The molecule has 328 valence electrons. The molecule has 0 N–H and O–H groups in total. The van der Waals surface area contributed by atoms with E-state index in [1.54, 1.807) is 0 Å². The van der Waals surface area contributed by atoms with Gasteiger partial charge in [-0.1, -0.05) is 224 Å². The molecule has 70 heavy (non-hydrogen) atoms. The first-order valence-electron chi connectivity index (χ1n) is 24.2. The number of benzene rings is 11. The molecule has 3 aromatic heterocycles. The summed E-state index contributed by atoms with van der Waals surface area (Å²) in [4.78, 5) is 0. The highest BCUT2D eigenvalue weighted by Gasteiger charge is 2.44. The molecule has 0 unspecified atom stereocenters. The van der Waals surface area contributed by atoms with Crippen molar-refractivity contribution in [2.75, 3.05) is 0 Å². The second-order valence-electron chi connectivity index (χ2n) is 18.4. The zero-order valence-corrected chi connectivity index (χ0v) is 39.3. The van der Waals surface area contributed by atoms with Crippen LogP contribution in [0.3, 0.4) is 0 Å². The van der Waals surface area contributed by atoms with Crippen molar-refractivity contribution < 1.29 is 0 Å². The van der Waals surface area contributed by atoms with Crippen LogP contribution in [0, 0.1) is 0 Å². The van der Waals surface area contributed by atoms with Gasteiger partial charge in [-0.05, 0) is 80.4 Å². The third-order valence-corrected chi connectivity index (χ3v) is 19.6. The minimum absolute atomic E-state index is 1.12. The molecule has 0 aliphatic rings. The lowest BCUT2D eigenvalue weighted by Gasteiger charge is -2.36. The van der Waals surface area contributed by atoms with Gasteiger partial charge < -0.3 is 13.7 Å². The van der Waals surface area contributed by atoms with Crippen LogP contribution < -0.4 is 20.7 Å². The van der Waals surface area contributed by atoms with E-state index in [9.17, 15) is 0 Å². The first-order chi connectivity index (χ1) is 34.8. The maximum absolute atomic E-state index is 3.13. The molecule has 0 saturated heterocycles. The van der Waals surface area contributed by atoms with Crippen molar-refractivity contribution in [2.45, 2.75) is 0 Å². The Bertz CT molecular complexity index is 4110. The third-order valence-electron chi connectivity index (χ3n) is 14.8. The zero-order valence-electron chi connectivity index (χ0n) is 38.3. The fourth-order valence-electron chi connectivity index (χ4n) is 11.9. The summed E-state index contributed by atoms with van der Waals surface area (Å²) in [5.41, 5.74) is 12.9. The maximum Gasteiger partial charge on any atom is 0.181 e. The normalized spacial score (nSPS) is 12.0. The van der Waals surface area contributed by atoms with Crippen LogP contribution in [0.1, 0.15) is 0 Å². The Morgan fingerprint density at radius 3 is 1.21 bits per heavy atom. The van der Waals surface area contributed by atoms with Crippen LogP contribution in [0.25, 0.3) is 93.6 Å². The largest absolute Gasteiger partial charge is 0.309 e. The van der Waals surface area contributed by atoms with Crippen molar-refractivity contribution in [3.63, 3.8) is 0 Å². The molecule has 3 heterocycles. The summed E-state index contributed by atoms with van der Waals surface area (Å²) in [7, 11) is -3.13. The van der Waals surface area contributed by atoms with Crippen molar-refractivity contribution in [3.05, 3.63) is 273 Å². The second kappa shape index (κ2) is 16.1. The van der Waals surface area contributed by atoms with Gasteiger partial charge in [0.05, 0.1) is 44.5 Å². The van der Waals surface area contributed by atoms with Gasteiger partial charge in [0.1, 0.15) is 0 Å². The molecule has 0 aliphatic heterocycles. The Labute approximate surface area is 407 Å². The Kier molecular flexibility index (Phi) is 9.23. The molecule has 14 rings (SSSR count). The lowest BCUT2D eigenvalue weighted by Crippen LogP contribution is -2.75. The van der Waals surface area contributed by atoms with E-state index in [1.807, 2.05) is 0 Å². The fourth-order valence-corrected chi connectivity index (χ4v) is 16.8. The molecule has 11 aromatic carbocycles. The van der Waals surface area contributed by atoms with E-state index in [0.29, 0.717) is 0 Å². The molecule has 14 aromatic rings. The van der Waals surface area contributed by atoms with E-state index in [-0.39, 0.29) is 0 Å². The molecule has 0 radical (unpaired) electrons. The van der Waals surface area contributed by atoms with Crippen molar-refractivity contribution in [1.82, 2.24) is 13.7 Å². The van der Waals surface area contributed by atoms with E-state index in [4.69, 9.17) is 0 Å². The summed E-state index contributed by atoms with van der Waals surface area (Å²) in [5, 5.41) is 12.7. The smallest absolute Gasteiger partial charge is 0.181 e. The van der Waals surface area contributed by atoms with Crippen molar-refractivity contribution in [2.24, 2.45) is 0 Å². The van der Waals surface area contributed by atoms with Crippen LogP contribution in [0.5, 0.6) is 0 Å². The van der Waals surface area contributed by atoms with Crippen molar-refractivity contribution >= 4 is 94.2 Å². The van der Waals surface area contributed by atoms with Crippen LogP contribution in [-0.4, -0.2) is 21.8 Å².